The summed E-state index contributed by atoms with van der Waals surface area (Å²) in [6.07, 6.45) is 13.8. The van der Waals surface area contributed by atoms with Gasteiger partial charge in [0.05, 0.1) is 12.2 Å². The standard InChI is InChI=1S/C29H52O7Si/c1-29(2,3)37(4,5)34-21-23-22(14-8-6-7-9-15-26(30)31)24(35-27-16-10-12-18-32-27)20-25(23)36-28-17-11-13-19-33-28/h6,8,22-25,27-28H,7,9-21H2,1-5H3,(H,30,31)/t22-,23-,24+,25-,27?,28?/m1/s1. The van der Waals surface area contributed by atoms with Crippen molar-refractivity contribution in [3.63, 3.8) is 0 Å². The summed E-state index contributed by atoms with van der Waals surface area (Å²) in [5.74, 6) is -0.283. The minimum atomic E-state index is -1.93. The molecule has 0 aromatic carbocycles. The van der Waals surface area contributed by atoms with Crippen LogP contribution >= 0.6 is 0 Å². The fraction of sp³-hybridized carbons (Fsp3) is 0.897. The number of carbonyl (C=O) groups is 1. The van der Waals surface area contributed by atoms with Gasteiger partial charge in [0.25, 0.3) is 0 Å². The molecule has 7 nitrogen and oxygen atoms in total. The molecular weight excluding hydrogens is 488 g/mol. The average molecular weight is 541 g/mol. The maximum atomic E-state index is 10.9. The van der Waals surface area contributed by atoms with E-state index in [0.29, 0.717) is 13.0 Å². The second-order valence-corrected chi connectivity index (χ2v) is 17.4. The van der Waals surface area contributed by atoms with E-state index in [9.17, 15) is 4.79 Å². The summed E-state index contributed by atoms with van der Waals surface area (Å²) in [4.78, 5) is 10.9. The highest BCUT2D eigenvalue weighted by atomic mass is 28.4. The van der Waals surface area contributed by atoms with E-state index >= 15 is 0 Å². The molecular formula is C29H52O7Si. The Morgan fingerprint density at radius 3 is 2.05 bits per heavy atom. The van der Waals surface area contributed by atoms with E-state index in [2.05, 4.69) is 46.0 Å². The Balaban J connectivity index is 1.74. The van der Waals surface area contributed by atoms with Crippen molar-refractivity contribution in [3.05, 3.63) is 12.2 Å². The maximum absolute atomic E-state index is 10.9. The molecule has 37 heavy (non-hydrogen) atoms. The van der Waals surface area contributed by atoms with Gasteiger partial charge in [-0.15, -0.1) is 0 Å². The predicted octanol–water partition coefficient (Wildman–Crippen LogP) is 6.67. The number of ether oxygens (including phenoxy) is 4. The molecule has 0 amide bonds. The lowest BCUT2D eigenvalue weighted by atomic mass is 9.90. The van der Waals surface area contributed by atoms with Gasteiger partial charge in [0.2, 0.25) is 0 Å². The number of aliphatic carboxylic acids is 1. The molecule has 2 saturated heterocycles. The zero-order chi connectivity index (χ0) is 26.9. The van der Waals surface area contributed by atoms with Gasteiger partial charge in [-0.05, 0) is 81.8 Å². The molecule has 0 radical (unpaired) electrons. The van der Waals surface area contributed by atoms with Gasteiger partial charge in [-0.1, -0.05) is 32.9 Å². The number of carboxylic acids is 1. The monoisotopic (exact) mass is 540 g/mol. The summed E-state index contributed by atoms with van der Waals surface area (Å²) in [6, 6.07) is 0. The molecule has 1 saturated carbocycles. The number of rotatable bonds is 13. The summed E-state index contributed by atoms with van der Waals surface area (Å²) in [6.45, 7) is 13.6. The second kappa shape index (κ2) is 14.6. The van der Waals surface area contributed by atoms with Crippen molar-refractivity contribution >= 4 is 14.3 Å². The first-order valence-electron chi connectivity index (χ1n) is 14.6. The lowest BCUT2D eigenvalue weighted by molar-refractivity contribution is -0.204. The van der Waals surface area contributed by atoms with E-state index in [1.807, 2.05) is 0 Å². The topological polar surface area (TPSA) is 83.5 Å². The zero-order valence-electron chi connectivity index (χ0n) is 23.9. The molecule has 1 N–H and O–H groups in total. The van der Waals surface area contributed by atoms with Crippen molar-refractivity contribution in [3.8, 4) is 0 Å². The average Bonchev–Trinajstić information content (AvgIpc) is 3.15. The first kappa shape index (κ1) is 30.8. The first-order valence-corrected chi connectivity index (χ1v) is 17.5. The molecule has 3 aliphatic rings. The quantitative estimate of drug-likeness (QED) is 0.159. The number of carboxylic acid groups (broad SMARTS) is 1. The summed E-state index contributed by atoms with van der Waals surface area (Å²) < 4.78 is 32.0. The highest BCUT2D eigenvalue weighted by molar-refractivity contribution is 6.74. The Morgan fingerprint density at radius 2 is 1.54 bits per heavy atom. The highest BCUT2D eigenvalue weighted by Crippen LogP contribution is 2.43. The van der Waals surface area contributed by atoms with Crippen molar-refractivity contribution in [1.82, 2.24) is 0 Å². The summed E-state index contributed by atoms with van der Waals surface area (Å²) >= 11 is 0. The van der Waals surface area contributed by atoms with Crippen molar-refractivity contribution < 1.29 is 33.3 Å². The lowest BCUT2D eigenvalue weighted by Crippen LogP contribution is -2.44. The minimum absolute atomic E-state index is 0.0202. The van der Waals surface area contributed by atoms with Crippen LogP contribution in [0.3, 0.4) is 0 Å². The molecule has 0 spiro atoms. The summed E-state index contributed by atoms with van der Waals surface area (Å²) in [7, 11) is -1.93. The van der Waals surface area contributed by atoms with E-state index < -0.39 is 14.3 Å². The predicted molar refractivity (Wildman–Crippen MR) is 147 cm³/mol. The Hall–Kier alpha value is -0.773. The Kier molecular flexibility index (Phi) is 12.1. The van der Waals surface area contributed by atoms with E-state index in [4.69, 9.17) is 28.5 Å². The van der Waals surface area contributed by atoms with Crippen LogP contribution in [0.5, 0.6) is 0 Å². The highest BCUT2D eigenvalue weighted by Gasteiger charge is 2.48. The smallest absolute Gasteiger partial charge is 0.303 e. The largest absolute Gasteiger partial charge is 0.481 e. The van der Waals surface area contributed by atoms with Crippen LogP contribution in [0.4, 0.5) is 0 Å². The first-order chi connectivity index (χ1) is 17.6. The number of hydrogen-bond donors (Lipinski definition) is 1. The minimum Gasteiger partial charge on any atom is -0.481 e. The van der Waals surface area contributed by atoms with Gasteiger partial charge in [-0.25, -0.2) is 0 Å². The second-order valence-electron chi connectivity index (χ2n) is 12.6. The molecule has 2 unspecified atom stereocenters. The van der Waals surface area contributed by atoms with Crippen LogP contribution in [0.15, 0.2) is 12.2 Å². The van der Waals surface area contributed by atoms with Crippen LogP contribution in [-0.2, 0) is 28.2 Å². The molecule has 3 fully saturated rings. The Morgan fingerprint density at radius 1 is 0.946 bits per heavy atom. The van der Waals surface area contributed by atoms with E-state index in [1.165, 1.54) is 0 Å². The van der Waals surface area contributed by atoms with Gasteiger partial charge in [0, 0.05) is 38.6 Å². The number of unbranched alkanes of at least 4 members (excludes halogenated alkanes) is 1. The van der Waals surface area contributed by atoms with Gasteiger partial charge in [0.15, 0.2) is 20.9 Å². The van der Waals surface area contributed by atoms with E-state index in [0.717, 1.165) is 71.0 Å². The van der Waals surface area contributed by atoms with Crippen LogP contribution in [0.25, 0.3) is 0 Å². The van der Waals surface area contributed by atoms with Crippen molar-refractivity contribution in [2.75, 3.05) is 19.8 Å². The molecule has 3 rings (SSSR count). The molecule has 0 aromatic rings. The molecule has 1 aliphatic carbocycles. The zero-order valence-corrected chi connectivity index (χ0v) is 24.9. The lowest BCUT2D eigenvalue weighted by Gasteiger charge is -2.39. The third kappa shape index (κ3) is 9.73. The number of allylic oxidation sites excluding steroid dienone is 2. The van der Waals surface area contributed by atoms with Gasteiger partial charge < -0.3 is 28.5 Å². The fourth-order valence-corrected chi connectivity index (χ4v) is 6.33. The van der Waals surface area contributed by atoms with Crippen LogP contribution in [0, 0.1) is 11.8 Å². The molecule has 6 atom stereocenters. The van der Waals surface area contributed by atoms with Gasteiger partial charge >= 0.3 is 5.97 Å². The molecule has 0 aromatic heterocycles. The van der Waals surface area contributed by atoms with Crippen LogP contribution < -0.4 is 0 Å². The Bertz CT molecular complexity index is 708. The third-order valence-corrected chi connectivity index (χ3v) is 13.2. The summed E-state index contributed by atoms with van der Waals surface area (Å²) in [5, 5.41) is 9.06. The van der Waals surface area contributed by atoms with Crippen LogP contribution in [0.2, 0.25) is 18.1 Å². The fourth-order valence-electron chi connectivity index (χ4n) is 5.29. The molecule has 0 bridgehead atoms. The van der Waals surface area contributed by atoms with E-state index in [-0.39, 0.29) is 48.1 Å². The van der Waals surface area contributed by atoms with E-state index in [1.54, 1.807) is 0 Å². The normalized spacial score (nSPS) is 31.7. The molecule has 214 valence electrons. The van der Waals surface area contributed by atoms with Crippen LogP contribution in [-0.4, -0.2) is 64.0 Å². The third-order valence-electron chi connectivity index (χ3n) is 8.68. The van der Waals surface area contributed by atoms with Gasteiger partial charge in [-0.3, -0.25) is 4.79 Å². The maximum Gasteiger partial charge on any atom is 0.303 e. The summed E-state index contributed by atoms with van der Waals surface area (Å²) in [5.41, 5.74) is 0. The van der Waals surface area contributed by atoms with Crippen molar-refractivity contribution in [2.24, 2.45) is 11.8 Å². The molecule has 2 aliphatic heterocycles. The van der Waals surface area contributed by atoms with Crippen LogP contribution in [0.1, 0.15) is 91.4 Å². The molecule has 2 heterocycles. The van der Waals surface area contributed by atoms with Crippen molar-refractivity contribution in [1.29, 1.82) is 0 Å². The van der Waals surface area contributed by atoms with Crippen molar-refractivity contribution in [2.45, 2.75) is 134 Å². The number of hydrogen-bond acceptors (Lipinski definition) is 6. The Labute approximate surface area is 225 Å². The molecule has 8 heteroatoms. The SMILES string of the molecule is CC(C)(C)[Si](C)(C)OC[C@@H]1[C@@H](CC=CCCCC(=O)O)[C@@H](OC2CCCCO2)C[C@H]1OC1CCCCO1. The van der Waals surface area contributed by atoms with Gasteiger partial charge in [0.1, 0.15) is 0 Å². The van der Waals surface area contributed by atoms with Gasteiger partial charge in [-0.2, -0.15) is 0 Å².